The molecule has 2 N–H and O–H groups in total. The van der Waals surface area contributed by atoms with Crippen LogP contribution in [0, 0.1) is 0 Å². The second kappa shape index (κ2) is 9.67. The fourth-order valence-corrected chi connectivity index (χ4v) is 5.21. The number of likely N-dealkylation sites (N-methyl/N-ethyl adjacent to an activating group) is 1. The Morgan fingerprint density at radius 1 is 1.39 bits per heavy atom. The van der Waals surface area contributed by atoms with E-state index in [1.54, 1.807) is 16.0 Å². The summed E-state index contributed by atoms with van der Waals surface area (Å²) in [4.78, 5) is 17.4. The molecule has 1 unspecified atom stereocenters. The molecule has 2 aromatic heterocycles. The van der Waals surface area contributed by atoms with Gasteiger partial charge in [-0.15, -0.1) is 11.3 Å². The first-order valence-electron chi connectivity index (χ1n) is 9.82. The summed E-state index contributed by atoms with van der Waals surface area (Å²) >= 11 is 3.12. The molecule has 0 radical (unpaired) electrons. The van der Waals surface area contributed by atoms with Gasteiger partial charge in [0.15, 0.2) is 0 Å². The molecule has 2 aromatic rings. The molecule has 0 aromatic carbocycles. The Balaban J connectivity index is 1.66. The van der Waals surface area contributed by atoms with Gasteiger partial charge in [0.25, 0.3) is 0 Å². The Hall–Kier alpha value is -1.71. The molecule has 9 heteroatoms. The lowest BCUT2D eigenvalue weighted by molar-refractivity contribution is 0.253. The van der Waals surface area contributed by atoms with Gasteiger partial charge in [-0.05, 0) is 45.3 Å². The second-order valence-electron chi connectivity index (χ2n) is 7.16. The maximum Gasteiger partial charge on any atom is 0.330 e. The summed E-state index contributed by atoms with van der Waals surface area (Å²) in [6.45, 7) is 6.34. The number of anilines is 2. The third-order valence-electron chi connectivity index (χ3n) is 4.89. The molecule has 2 amide bonds. The number of nitrogens with one attached hydrogen (secondary N) is 2. The Morgan fingerprint density at radius 3 is 2.86 bits per heavy atom. The van der Waals surface area contributed by atoms with E-state index in [2.05, 4.69) is 51.3 Å². The van der Waals surface area contributed by atoms with E-state index in [1.165, 1.54) is 21.9 Å². The van der Waals surface area contributed by atoms with E-state index in [0.717, 1.165) is 50.1 Å². The van der Waals surface area contributed by atoms with Crippen molar-refractivity contribution in [1.29, 1.82) is 0 Å². The van der Waals surface area contributed by atoms with Crippen LogP contribution in [-0.2, 0) is 19.9 Å². The van der Waals surface area contributed by atoms with Gasteiger partial charge in [0.05, 0.1) is 35.7 Å². The van der Waals surface area contributed by atoms with E-state index in [-0.39, 0.29) is 6.03 Å². The average Bonchev–Trinajstić information content (AvgIpc) is 3.28. The third kappa shape index (κ3) is 5.21. The first kappa shape index (κ1) is 21.0. The molecular formula is C19H30N6OS2. The Bertz CT molecular complexity index is 789. The number of aromatic nitrogens is 2. The predicted molar refractivity (Wildman–Crippen MR) is 119 cm³/mol. The number of hydrogen-bond acceptors (Lipinski definition) is 6. The number of nitrogens with zero attached hydrogens (tertiary/aromatic N) is 4. The molecule has 0 bridgehead atoms. The number of aryl methyl sites for hydroxylation is 3. The summed E-state index contributed by atoms with van der Waals surface area (Å²) in [5.41, 5.74) is 1.93. The highest BCUT2D eigenvalue weighted by molar-refractivity contribution is 7.99. The fraction of sp³-hybridized carbons (Fsp3) is 0.579. The maximum atomic E-state index is 12.6. The monoisotopic (exact) mass is 422 g/mol. The lowest BCUT2D eigenvalue weighted by Gasteiger charge is -2.37. The van der Waals surface area contributed by atoms with E-state index < -0.39 is 0 Å². The zero-order chi connectivity index (χ0) is 20.1. The minimum absolute atomic E-state index is 0.196. The Labute approximate surface area is 175 Å². The molecule has 0 saturated carbocycles. The standard InChI is InChI=1S/C19H30N6OS2/c1-5-16-10-17(18(6-2)27-16)21-19(26)22-28-25(15-11-20-24(4)13-15)14-8-7-9-23(3)12-14/h10-11,13-14H,5-9,12H2,1-4H3,(H2,21,22,26). The van der Waals surface area contributed by atoms with Crippen molar-refractivity contribution in [1.82, 2.24) is 19.4 Å². The quantitative estimate of drug-likeness (QED) is 0.663. The van der Waals surface area contributed by atoms with Gasteiger partial charge in [0.1, 0.15) is 0 Å². The highest BCUT2D eigenvalue weighted by Crippen LogP contribution is 2.30. The molecule has 1 aliphatic heterocycles. The first-order valence-corrected chi connectivity index (χ1v) is 11.4. The molecule has 0 spiro atoms. The second-order valence-corrected chi connectivity index (χ2v) is 9.16. The number of amides is 2. The minimum Gasteiger partial charge on any atom is -0.306 e. The van der Waals surface area contributed by atoms with Crippen LogP contribution in [0.1, 0.15) is 36.4 Å². The van der Waals surface area contributed by atoms with Crippen LogP contribution < -0.4 is 14.3 Å². The van der Waals surface area contributed by atoms with Gasteiger partial charge in [0.2, 0.25) is 0 Å². The summed E-state index contributed by atoms with van der Waals surface area (Å²) in [7, 11) is 4.06. The largest absolute Gasteiger partial charge is 0.330 e. The minimum atomic E-state index is -0.196. The Kier molecular flexibility index (Phi) is 7.25. The van der Waals surface area contributed by atoms with Crippen molar-refractivity contribution < 1.29 is 4.79 Å². The van der Waals surface area contributed by atoms with Crippen molar-refractivity contribution in [3.63, 3.8) is 0 Å². The number of thiophene rings is 1. The van der Waals surface area contributed by atoms with E-state index in [0.29, 0.717) is 6.04 Å². The normalized spacial score (nSPS) is 17.5. The average molecular weight is 423 g/mol. The molecule has 3 heterocycles. The summed E-state index contributed by atoms with van der Waals surface area (Å²) < 4.78 is 6.94. The first-order chi connectivity index (χ1) is 13.5. The SMILES string of the molecule is CCc1cc(NC(=O)NSN(c2cnn(C)c2)C2CCCN(C)C2)c(CC)s1. The van der Waals surface area contributed by atoms with Gasteiger partial charge in [-0.2, -0.15) is 5.10 Å². The lowest BCUT2D eigenvalue weighted by Crippen LogP contribution is -2.45. The molecule has 0 aliphatic carbocycles. The van der Waals surface area contributed by atoms with Crippen LogP contribution >= 0.6 is 23.5 Å². The van der Waals surface area contributed by atoms with Crippen molar-refractivity contribution in [2.75, 3.05) is 29.8 Å². The van der Waals surface area contributed by atoms with Crippen molar-refractivity contribution >= 4 is 40.9 Å². The van der Waals surface area contributed by atoms with Gasteiger partial charge in [-0.3, -0.25) is 13.7 Å². The molecule has 7 nitrogen and oxygen atoms in total. The van der Waals surface area contributed by atoms with Gasteiger partial charge in [0, 0.05) is 29.5 Å². The Morgan fingerprint density at radius 2 is 2.21 bits per heavy atom. The summed E-state index contributed by atoms with van der Waals surface area (Å²) in [6.07, 6.45) is 7.99. The van der Waals surface area contributed by atoms with Crippen LogP contribution in [0.2, 0.25) is 0 Å². The highest BCUT2D eigenvalue weighted by atomic mass is 32.2. The summed E-state index contributed by atoms with van der Waals surface area (Å²) in [5, 5.41) is 7.32. The van der Waals surface area contributed by atoms with Crippen LogP contribution in [-0.4, -0.2) is 46.9 Å². The molecule has 154 valence electrons. The molecular weight excluding hydrogens is 392 g/mol. The number of carbonyl (C=O) groups is 1. The number of urea groups is 1. The van der Waals surface area contributed by atoms with Crippen LogP contribution in [0.3, 0.4) is 0 Å². The zero-order valence-electron chi connectivity index (χ0n) is 17.1. The smallest absolute Gasteiger partial charge is 0.306 e. The number of hydrogen-bond donors (Lipinski definition) is 2. The number of carbonyl (C=O) groups excluding carboxylic acids is 1. The molecule has 1 fully saturated rings. The lowest BCUT2D eigenvalue weighted by atomic mass is 10.1. The zero-order valence-corrected chi connectivity index (χ0v) is 18.7. The fourth-order valence-electron chi connectivity index (χ4n) is 3.46. The van der Waals surface area contributed by atoms with Gasteiger partial charge in [-0.1, -0.05) is 13.8 Å². The summed E-state index contributed by atoms with van der Waals surface area (Å²) in [6, 6.07) is 2.22. The van der Waals surface area contributed by atoms with Crippen LogP contribution in [0.5, 0.6) is 0 Å². The van der Waals surface area contributed by atoms with Crippen LogP contribution in [0.4, 0.5) is 16.2 Å². The third-order valence-corrected chi connectivity index (χ3v) is 7.30. The van der Waals surface area contributed by atoms with Gasteiger partial charge < -0.3 is 10.2 Å². The maximum absolute atomic E-state index is 12.6. The van der Waals surface area contributed by atoms with Crippen molar-refractivity contribution in [2.45, 2.75) is 45.6 Å². The van der Waals surface area contributed by atoms with Crippen molar-refractivity contribution in [3.05, 3.63) is 28.2 Å². The molecule has 1 saturated heterocycles. The number of piperidine rings is 1. The van der Waals surface area contributed by atoms with Crippen LogP contribution in [0.25, 0.3) is 0 Å². The molecule has 1 aliphatic rings. The van der Waals surface area contributed by atoms with Gasteiger partial charge in [-0.25, -0.2) is 4.79 Å². The van der Waals surface area contributed by atoms with Crippen molar-refractivity contribution in [2.24, 2.45) is 7.05 Å². The van der Waals surface area contributed by atoms with E-state index in [4.69, 9.17) is 0 Å². The van der Waals surface area contributed by atoms with Gasteiger partial charge >= 0.3 is 6.03 Å². The number of rotatable bonds is 7. The van der Waals surface area contributed by atoms with E-state index in [1.807, 2.05) is 19.4 Å². The van der Waals surface area contributed by atoms with Crippen LogP contribution in [0.15, 0.2) is 18.5 Å². The predicted octanol–water partition coefficient (Wildman–Crippen LogP) is 3.89. The topological polar surface area (TPSA) is 65.4 Å². The molecule has 1 atom stereocenters. The molecule has 3 rings (SSSR count). The number of likely N-dealkylation sites (tertiary alicyclic amines) is 1. The highest BCUT2D eigenvalue weighted by Gasteiger charge is 2.26. The molecule has 28 heavy (non-hydrogen) atoms. The van der Waals surface area contributed by atoms with E-state index >= 15 is 0 Å². The van der Waals surface area contributed by atoms with E-state index in [9.17, 15) is 4.79 Å². The van der Waals surface area contributed by atoms with Crippen molar-refractivity contribution in [3.8, 4) is 0 Å². The summed E-state index contributed by atoms with van der Waals surface area (Å²) in [5.74, 6) is 0.